The molecule has 0 bridgehead atoms. The fourth-order valence-corrected chi connectivity index (χ4v) is 3.80. The highest BCUT2D eigenvalue weighted by Gasteiger charge is 2.22. The van der Waals surface area contributed by atoms with E-state index < -0.39 is 0 Å². The lowest BCUT2D eigenvalue weighted by atomic mass is 10.0. The van der Waals surface area contributed by atoms with E-state index in [2.05, 4.69) is 41.4 Å². The first-order chi connectivity index (χ1) is 14.2. The monoisotopic (exact) mass is 396 g/mol. The average molecular weight is 397 g/mol. The molecule has 1 amide bonds. The molecule has 3 rings (SSSR count). The number of carbonyl (C=O) groups is 1. The van der Waals surface area contributed by atoms with E-state index in [1.165, 1.54) is 36.8 Å². The van der Waals surface area contributed by atoms with E-state index in [1.54, 1.807) is 13.2 Å². The van der Waals surface area contributed by atoms with Crippen LogP contribution in [0.15, 0.2) is 48.5 Å². The molecule has 29 heavy (non-hydrogen) atoms. The van der Waals surface area contributed by atoms with Gasteiger partial charge in [0.2, 0.25) is 0 Å². The van der Waals surface area contributed by atoms with Gasteiger partial charge in [-0.3, -0.25) is 9.69 Å². The van der Waals surface area contributed by atoms with Gasteiger partial charge in [-0.15, -0.1) is 0 Å². The van der Waals surface area contributed by atoms with Gasteiger partial charge in [0.1, 0.15) is 0 Å². The van der Waals surface area contributed by atoms with Crippen molar-refractivity contribution >= 4 is 5.91 Å². The maximum Gasteiger partial charge on any atom is 0.258 e. The molecule has 0 aromatic heterocycles. The van der Waals surface area contributed by atoms with Gasteiger partial charge >= 0.3 is 0 Å². The Morgan fingerprint density at radius 3 is 2.31 bits per heavy atom. The molecule has 1 aliphatic heterocycles. The summed E-state index contributed by atoms with van der Waals surface area (Å²) >= 11 is 0. The maximum atomic E-state index is 12.5. The molecular weight excluding hydrogens is 364 g/mol. The second-order valence-electron chi connectivity index (χ2n) is 7.62. The van der Waals surface area contributed by atoms with Crippen LogP contribution in [0.4, 0.5) is 0 Å². The number of methoxy groups -OCH3 is 1. The first-order valence-electron chi connectivity index (χ1n) is 10.5. The Bertz CT molecular complexity index is 768. The maximum absolute atomic E-state index is 12.5. The smallest absolute Gasteiger partial charge is 0.258 e. The molecule has 0 radical (unpaired) electrons. The van der Waals surface area contributed by atoms with Gasteiger partial charge in [-0.05, 0) is 50.6 Å². The van der Waals surface area contributed by atoms with Crippen LogP contribution in [0.3, 0.4) is 0 Å². The van der Waals surface area contributed by atoms with Crippen molar-refractivity contribution in [2.45, 2.75) is 38.6 Å². The number of hydrogen-bond acceptors (Lipinski definition) is 4. The zero-order valence-corrected chi connectivity index (χ0v) is 17.5. The van der Waals surface area contributed by atoms with Crippen LogP contribution in [0.2, 0.25) is 0 Å². The third-order valence-electron chi connectivity index (χ3n) is 5.46. The minimum atomic E-state index is -0.122. The van der Waals surface area contributed by atoms with Gasteiger partial charge < -0.3 is 14.8 Å². The average Bonchev–Trinajstić information content (AvgIpc) is 3.03. The summed E-state index contributed by atoms with van der Waals surface area (Å²) in [4.78, 5) is 15.0. The molecule has 2 aromatic carbocycles. The number of para-hydroxylation sites is 2. The number of rotatable bonds is 8. The topological polar surface area (TPSA) is 50.8 Å². The Labute approximate surface area is 174 Å². The number of nitrogens with zero attached hydrogens (tertiary/aromatic N) is 1. The summed E-state index contributed by atoms with van der Waals surface area (Å²) < 4.78 is 10.9. The fourth-order valence-electron chi connectivity index (χ4n) is 3.80. The van der Waals surface area contributed by atoms with Crippen molar-refractivity contribution in [1.82, 2.24) is 10.2 Å². The molecule has 1 unspecified atom stereocenters. The standard InChI is InChI=1S/C24H32N2O3/c1-19-11-13-20(14-12-19)21(26-15-7-3-4-8-16-26)17-25-24(27)18-29-23-10-6-5-9-22(23)28-2/h5-6,9-14,21H,3-4,7-8,15-18H2,1-2H3,(H,25,27). The molecule has 1 fully saturated rings. The number of nitrogens with one attached hydrogen (secondary N) is 1. The summed E-state index contributed by atoms with van der Waals surface area (Å²) in [5.74, 6) is 1.08. The van der Waals surface area contributed by atoms with Crippen molar-refractivity contribution < 1.29 is 14.3 Å². The molecule has 2 aromatic rings. The largest absolute Gasteiger partial charge is 0.493 e. The van der Waals surface area contributed by atoms with Crippen molar-refractivity contribution in [1.29, 1.82) is 0 Å². The Morgan fingerprint density at radius 2 is 1.66 bits per heavy atom. The Kier molecular flexibility index (Phi) is 7.94. The third-order valence-corrected chi connectivity index (χ3v) is 5.46. The second kappa shape index (κ2) is 10.9. The summed E-state index contributed by atoms with van der Waals surface area (Å²) in [5.41, 5.74) is 2.50. The number of ether oxygens (including phenoxy) is 2. The van der Waals surface area contributed by atoms with Crippen molar-refractivity contribution in [3.63, 3.8) is 0 Å². The zero-order valence-electron chi connectivity index (χ0n) is 17.5. The number of likely N-dealkylation sites (tertiary alicyclic amines) is 1. The molecule has 1 atom stereocenters. The molecule has 5 nitrogen and oxygen atoms in total. The summed E-state index contributed by atoms with van der Waals surface area (Å²) in [6, 6.07) is 16.2. The Balaban J connectivity index is 1.61. The summed E-state index contributed by atoms with van der Waals surface area (Å²) in [6.07, 6.45) is 5.01. The fraction of sp³-hybridized carbons (Fsp3) is 0.458. The van der Waals surface area contributed by atoms with E-state index in [9.17, 15) is 4.79 Å². The van der Waals surface area contributed by atoms with Crippen LogP contribution in [0.5, 0.6) is 11.5 Å². The van der Waals surface area contributed by atoms with Gasteiger partial charge in [0.05, 0.1) is 13.2 Å². The van der Waals surface area contributed by atoms with E-state index in [4.69, 9.17) is 9.47 Å². The van der Waals surface area contributed by atoms with Gasteiger partial charge in [-0.2, -0.15) is 0 Å². The number of benzene rings is 2. The molecule has 0 saturated carbocycles. The second-order valence-corrected chi connectivity index (χ2v) is 7.62. The minimum Gasteiger partial charge on any atom is -0.493 e. The first kappa shape index (κ1) is 21.2. The van der Waals surface area contributed by atoms with Crippen LogP contribution >= 0.6 is 0 Å². The summed E-state index contributed by atoms with van der Waals surface area (Å²) in [7, 11) is 1.59. The number of carbonyl (C=O) groups excluding carboxylic acids is 1. The van der Waals surface area contributed by atoms with Crippen molar-refractivity contribution in [2.75, 3.05) is 33.4 Å². The van der Waals surface area contributed by atoms with Crippen molar-refractivity contribution in [3.8, 4) is 11.5 Å². The number of aryl methyl sites for hydroxylation is 1. The van der Waals surface area contributed by atoms with Gasteiger partial charge in [-0.25, -0.2) is 0 Å². The lowest BCUT2D eigenvalue weighted by Gasteiger charge is -2.31. The molecule has 156 valence electrons. The van der Waals surface area contributed by atoms with Gasteiger partial charge in [0.15, 0.2) is 18.1 Å². The highest BCUT2D eigenvalue weighted by molar-refractivity contribution is 5.77. The SMILES string of the molecule is COc1ccccc1OCC(=O)NCC(c1ccc(C)cc1)N1CCCCCC1. The van der Waals surface area contributed by atoms with Crippen molar-refractivity contribution in [2.24, 2.45) is 0 Å². The molecule has 1 heterocycles. The number of amides is 1. The van der Waals surface area contributed by atoms with Crippen LogP contribution in [-0.2, 0) is 4.79 Å². The van der Waals surface area contributed by atoms with E-state index >= 15 is 0 Å². The van der Waals surface area contributed by atoms with Crippen LogP contribution in [-0.4, -0.2) is 44.2 Å². The summed E-state index contributed by atoms with van der Waals surface area (Å²) in [6.45, 7) is 4.80. The van der Waals surface area contributed by atoms with Crippen LogP contribution in [0.1, 0.15) is 42.9 Å². The normalized spacial score (nSPS) is 15.9. The third kappa shape index (κ3) is 6.23. The van der Waals surface area contributed by atoms with Crippen LogP contribution in [0.25, 0.3) is 0 Å². The van der Waals surface area contributed by atoms with E-state index in [-0.39, 0.29) is 18.6 Å². The number of hydrogen-bond donors (Lipinski definition) is 1. The molecule has 5 heteroatoms. The molecule has 1 aliphatic rings. The highest BCUT2D eigenvalue weighted by Crippen LogP contribution is 2.26. The van der Waals surface area contributed by atoms with Gasteiger partial charge in [0, 0.05) is 6.54 Å². The lowest BCUT2D eigenvalue weighted by Crippen LogP contribution is -2.40. The van der Waals surface area contributed by atoms with Crippen molar-refractivity contribution in [3.05, 3.63) is 59.7 Å². The summed E-state index contributed by atoms with van der Waals surface area (Å²) in [5, 5.41) is 3.07. The zero-order chi connectivity index (χ0) is 20.5. The first-order valence-corrected chi connectivity index (χ1v) is 10.5. The van der Waals surface area contributed by atoms with Crippen LogP contribution < -0.4 is 14.8 Å². The molecule has 1 N–H and O–H groups in total. The minimum absolute atomic E-state index is 0.0268. The van der Waals surface area contributed by atoms with E-state index in [0.29, 0.717) is 18.0 Å². The van der Waals surface area contributed by atoms with E-state index in [0.717, 1.165) is 13.1 Å². The molecule has 1 saturated heterocycles. The quantitative estimate of drug-likeness (QED) is 0.729. The predicted octanol–water partition coefficient (Wildman–Crippen LogP) is 4.12. The Morgan fingerprint density at radius 1 is 1.00 bits per heavy atom. The predicted molar refractivity (Wildman–Crippen MR) is 115 cm³/mol. The lowest BCUT2D eigenvalue weighted by molar-refractivity contribution is -0.123. The van der Waals surface area contributed by atoms with E-state index in [1.807, 2.05) is 18.2 Å². The Hall–Kier alpha value is -2.53. The van der Waals surface area contributed by atoms with Crippen LogP contribution in [0, 0.1) is 6.92 Å². The highest BCUT2D eigenvalue weighted by atomic mass is 16.5. The molecule has 0 spiro atoms. The van der Waals surface area contributed by atoms with Gasteiger partial charge in [-0.1, -0.05) is 54.8 Å². The molecule has 0 aliphatic carbocycles. The molecular formula is C24H32N2O3. The van der Waals surface area contributed by atoms with Gasteiger partial charge in [0.25, 0.3) is 5.91 Å².